The summed E-state index contributed by atoms with van der Waals surface area (Å²) in [6.07, 6.45) is 2.61. The molecule has 3 rings (SSSR count). The molecule has 5 nitrogen and oxygen atoms in total. The van der Waals surface area contributed by atoms with Crippen LogP contribution in [0.4, 0.5) is 5.00 Å². The number of hydrogen-bond donors (Lipinski definition) is 2. The number of benzene rings is 1. The van der Waals surface area contributed by atoms with Crippen LogP contribution in [-0.2, 0) is 19.4 Å². The summed E-state index contributed by atoms with van der Waals surface area (Å²) in [6.45, 7) is 6.89. The lowest BCUT2D eigenvalue weighted by Gasteiger charge is -2.29. The van der Waals surface area contributed by atoms with Crippen molar-refractivity contribution < 1.29 is 14.7 Å². The number of fused-ring (bicyclic) bond motifs is 1. The highest BCUT2D eigenvalue weighted by Crippen LogP contribution is 2.44. The summed E-state index contributed by atoms with van der Waals surface area (Å²) in [5.41, 5.74) is 3.68. The van der Waals surface area contributed by atoms with Gasteiger partial charge < -0.3 is 15.3 Å². The van der Waals surface area contributed by atoms with Gasteiger partial charge in [0.25, 0.3) is 5.91 Å². The van der Waals surface area contributed by atoms with Gasteiger partial charge in [0, 0.05) is 17.0 Å². The fraction of sp³-hybridized carbons (Fsp3) is 0.455. The lowest BCUT2D eigenvalue weighted by Crippen LogP contribution is -2.23. The van der Waals surface area contributed by atoms with Crippen LogP contribution in [0.15, 0.2) is 18.2 Å². The fourth-order valence-corrected chi connectivity index (χ4v) is 5.13. The molecule has 1 amide bonds. The highest BCUT2D eigenvalue weighted by molar-refractivity contribution is 7.17. The molecule has 1 aliphatic carbocycles. The largest absolute Gasteiger partial charge is 0.478 e. The summed E-state index contributed by atoms with van der Waals surface area (Å²) in [6, 6.07) is 5.80. The molecule has 0 saturated carbocycles. The molecule has 0 radical (unpaired) electrons. The van der Waals surface area contributed by atoms with Crippen LogP contribution in [0.3, 0.4) is 0 Å². The Morgan fingerprint density at radius 1 is 1.25 bits per heavy atom. The van der Waals surface area contributed by atoms with Gasteiger partial charge in [0.05, 0.1) is 5.56 Å². The molecule has 1 aromatic carbocycles. The van der Waals surface area contributed by atoms with Gasteiger partial charge in [-0.2, -0.15) is 0 Å². The predicted octanol–water partition coefficient (Wildman–Crippen LogP) is 4.58. The molecule has 150 valence electrons. The highest BCUT2D eigenvalue weighted by Gasteiger charge is 2.33. The quantitative estimate of drug-likeness (QED) is 0.771. The second kappa shape index (κ2) is 7.68. The first kappa shape index (κ1) is 20.6. The van der Waals surface area contributed by atoms with Crippen LogP contribution >= 0.6 is 11.3 Å². The molecule has 0 bridgehead atoms. The number of carbonyl (C=O) groups excluding carboxylic acids is 1. The molecule has 0 fully saturated rings. The molecule has 0 aliphatic heterocycles. The molecule has 1 aromatic heterocycles. The smallest absolute Gasteiger partial charge is 0.339 e. The van der Waals surface area contributed by atoms with Crippen LogP contribution in [0.25, 0.3) is 0 Å². The zero-order valence-electron chi connectivity index (χ0n) is 17.2. The van der Waals surface area contributed by atoms with E-state index in [0.717, 1.165) is 40.8 Å². The van der Waals surface area contributed by atoms with E-state index >= 15 is 0 Å². The van der Waals surface area contributed by atoms with Crippen molar-refractivity contribution in [3.05, 3.63) is 50.9 Å². The number of rotatable bonds is 5. The molecular formula is C22H28N2O3S. The minimum absolute atomic E-state index is 0.0778. The second-order valence-electron chi connectivity index (χ2n) is 8.66. The van der Waals surface area contributed by atoms with Crippen LogP contribution in [0.2, 0.25) is 0 Å². The van der Waals surface area contributed by atoms with Crippen molar-refractivity contribution in [2.24, 2.45) is 5.41 Å². The fourth-order valence-electron chi connectivity index (χ4n) is 3.93. The lowest BCUT2D eigenvalue weighted by atomic mass is 9.76. The summed E-state index contributed by atoms with van der Waals surface area (Å²) in [7, 11) is 3.92. The van der Waals surface area contributed by atoms with E-state index in [1.807, 2.05) is 44.1 Å². The van der Waals surface area contributed by atoms with E-state index in [1.165, 1.54) is 11.3 Å². The average molecular weight is 401 g/mol. The van der Waals surface area contributed by atoms with Gasteiger partial charge in [0.2, 0.25) is 0 Å². The lowest BCUT2D eigenvalue weighted by molar-refractivity contribution is 0.0696. The Hall–Kier alpha value is -2.18. The first-order valence-corrected chi connectivity index (χ1v) is 10.3. The first-order chi connectivity index (χ1) is 13.1. The number of aromatic carboxylic acids is 1. The number of anilines is 1. The Labute approximate surface area is 170 Å². The number of thiophene rings is 1. The van der Waals surface area contributed by atoms with Crippen molar-refractivity contribution in [3.8, 4) is 0 Å². The van der Waals surface area contributed by atoms with Crippen LogP contribution in [0.1, 0.15) is 62.6 Å². The molecule has 0 unspecified atom stereocenters. The van der Waals surface area contributed by atoms with E-state index in [4.69, 9.17) is 0 Å². The highest BCUT2D eigenvalue weighted by atomic mass is 32.1. The number of nitrogens with one attached hydrogen (secondary N) is 1. The molecule has 6 heteroatoms. The van der Waals surface area contributed by atoms with Crippen LogP contribution in [0.5, 0.6) is 0 Å². The van der Waals surface area contributed by atoms with Gasteiger partial charge in [-0.3, -0.25) is 4.79 Å². The molecule has 2 aromatic rings. The molecule has 0 spiro atoms. The van der Waals surface area contributed by atoms with Gasteiger partial charge in [-0.05, 0) is 62.4 Å². The van der Waals surface area contributed by atoms with Crippen LogP contribution in [-0.4, -0.2) is 36.0 Å². The van der Waals surface area contributed by atoms with E-state index in [9.17, 15) is 14.7 Å². The predicted molar refractivity (Wildman–Crippen MR) is 114 cm³/mol. The van der Waals surface area contributed by atoms with Crippen molar-refractivity contribution in [1.82, 2.24) is 4.90 Å². The zero-order chi connectivity index (χ0) is 20.6. The second-order valence-corrected chi connectivity index (χ2v) is 9.76. The van der Waals surface area contributed by atoms with E-state index in [-0.39, 0.29) is 16.9 Å². The summed E-state index contributed by atoms with van der Waals surface area (Å²) in [5, 5.41) is 13.2. The summed E-state index contributed by atoms with van der Waals surface area (Å²) >= 11 is 1.42. The number of nitrogens with zero attached hydrogens (tertiary/aromatic N) is 1. The molecular weight excluding hydrogens is 372 g/mol. The van der Waals surface area contributed by atoms with E-state index in [0.29, 0.717) is 17.1 Å². The summed E-state index contributed by atoms with van der Waals surface area (Å²) in [5.74, 6) is -1.21. The number of carboxylic acids is 1. The number of carbonyl (C=O) groups is 2. The van der Waals surface area contributed by atoms with E-state index in [2.05, 4.69) is 19.2 Å². The topological polar surface area (TPSA) is 69.6 Å². The van der Waals surface area contributed by atoms with Crippen LogP contribution in [0, 0.1) is 12.3 Å². The molecule has 1 aliphatic rings. The Kier molecular flexibility index (Phi) is 5.64. The van der Waals surface area contributed by atoms with E-state index < -0.39 is 5.97 Å². The molecule has 1 heterocycles. The number of amides is 1. The van der Waals surface area contributed by atoms with Gasteiger partial charge in [0.1, 0.15) is 5.00 Å². The molecule has 0 saturated heterocycles. The van der Waals surface area contributed by atoms with Crippen LogP contribution < -0.4 is 5.32 Å². The average Bonchev–Trinajstić information content (AvgIpc) is 2.90. The van der Waals surface area contributed by atoms with Gasteiger partial charge in [-0.1, -0.05) is 32.0 Å². The first-order valence-electron chi connectivity index (χ1n) is 9.51. The van der Waals surface area contributed by atoms with Crippen molar-refractivity contribution in [3.63, 3.8) is 0 Å². The van der Waals surface area contributed by atoms with Crippen molar-refractivity contribution in [2.45, 2.75) is 46.6 Å². The van der Waals surface area contributed by atoms with E-state index in [1.54, 1.807) is 0 Å². The number of hydrogen-bond acceptors (Lipinski definition) is 4. The molecule has 28 heavy (non-hydrogen) atoms. The monoisotopic (exact) mass is 400 g/mol. The Balaban J connectivity index is 1.98. The Morgan fingerprint density at radius 3 is 2.61 bits per heavy atom. The molecule has 0 atom stereocenters. The van der Waals surface area contributed by atoms with Gasteiger partial charge in [0.15, 0.2) is 0 Å². The van der Waals surface area contributed by atoms with Gasteiger partial charge >= 0.3 is 5.97 Å². The third-order valence-electron chi connectivity index (χ3n) is 5.29. The van der Waals surface area contributed by atoms with Crippen molar-refractivity contribution in [1.29, 1.82) is 0 Å². The van der Waals surface area contributed by atoms with Gasteiger partial charge in [-0.15, -0.1) is 11.3 Å². The maximum absolute atomic E-state index is 13.1. The Bertz CT molecular complexity index is 928. The minimum atomic E-state index is -0.969. The third-order valence-corrected chi connectivity index (χ3v) is 6.50. The van der Waals surface area contributed by atoms with Crippen molar-refractivity contribution in [2.75, 3.05) is 19.4 Å². The minimum Gasteiger partial charge on any atom is -0.478 e. The SMILES string of the molecule is Cc1cccc(CN(C)C)c1C(=O)Nc1sc2c(c1C(=O)O)CC(C)(C)CC2. The maximum atomic E-state index is 13.1. The molecule has 2 N–H and O–H groups in total. The van der Waals surface area contributed by atoms with Gasteiger partial charge in [-0.25, -0.2) is 4.79 Å². The summed E-state index contributed by atoms with van der Waals surface area (Å²) in [4.78, 5) is 28.3. The Morgan fingerprint density at radius 2 is 1.96 bits per heavy atom. The zero-order valence-corrected chi connectivity index (χ0v) is 18.0. The third kappa shape index (κ3) is 4.13. The number of aryl methyl sites for hydroxylation is 2. The maximum Gasteiger partial charge on any atom is 0.339 e. The summed E-state index contributed by atoms with van der Waals surface area (Å²) < 4.78 is 0. The normalized spacial score (nSPS) is 15.4. The van der Waals surface area contributed by atoms with Crippen molar-refractivity contribution >= 4 is 28.2 Å². The number of carboxylic acid groups (broad SMARTS) is 1. The standard InChI is InChI=1S/C22H28N2O3S/c1-13-7-6-8-14(12-24(4)5)17(13)19(25)23-20-18(21(26)27)15-11-22(2,3)10-9-16(15)28-20/h6-8H,9-12H2,1-5H3,(H,23,25)(H,26,27).